The SMILES string of the molecule is c1ccc(N(c2cccc3ccccc23)c2cc3c(N(c4ccccc4)c4ccccc4)c4cccc5c(N(c6ccccc6)c6cccc7ccccc67)cc6c(N(c7ccccc7)c7ccccc7)c7cccc2c7c3c6c54)cc1. The predicted molar refractivity (Wildman–Crippen MR) is 350 cm³/mol. The van der Waals surface area contributed by atoms with E-state index in [-0.39, 0.29) is 0 Å². The van der Waals surface area contributed by atoms with Crippen molar-refractivity contribution in [3.05, 3.63) is 315 Å². The highest BCUT2D eigenvalue weighted by atomic mass is 15.2. The lowest BCUT2D eigenvalue weighted by Crippen LogP contribution is -2.16. The maximum absolute atomic E-state index is 2.52. The van der Waals surface area contributed by atoms with Crippen molar-refractivity contribution >= 4 is 144 Å². The monoisotopic (exact) mass is 1040 g/mol. The second-order valence-electron chi connectivity index (χ2n) is 21.1. The first-order chi connectivity index (χ1) is 40.8. The molecule has 0 spiro atoms. The van der Waals surface area contributed by atoms with Gasteiger partial charge in [-0.1, -0.05) is 218 Å². The van der Waals surface area contributed by atoms with Crippen LogP contribution in [0.25, 0.3) is 75.4 Å². The normalized spacial score (nSPS) is 11.7. The number of nitrogens with zero attached hydrogens (tertiary/aromatic N) is 4. The highest BCUT2D eigenvalue weighted by Crippen LogP contribution is 2.60. The lowest BCUT2D eigenvalue weighted by Gasteiger charge is -2.36. The summed E-state index contributed by atoms with van der Waals surface area (Å²) in [7, 11) is 0. The summed E-state index contributed by atoms with van der Waals surface area (Å²) in [6.07, 6.45) is 0. The summed E-state index contributed by atoms with van der Waals surface area (Å²) < 4.78 is 0. The summed E-state index contributed by atoms with van der Waals surface area (Å²) in [5.41, 5.74) is 13.0. The van der Waals surface area contributed by atoms with Crippen molar-refractivity contribution in [2.24, 2.45) is 0 Å². The Morgan fingerprint density at radius 3 is 0.756 bits per heavy atom. The average molecular weight is 1050 g/mol. The fourth-order valence-electron chi connectivity index (χ4n) is 13.2. The minimum atomic E-state index is 1.07. The molecular formula is C78H52N4. The lowest BCUT2D eigenvalue weighted by atomic mass is 9.82. The van der Waals surface area contributed by atoms with E-state index >= 15 is 0 Å². The van der Waals surface area contributed by atoms with Crippen LogP contribution in [0.4, 0.5) is 68.2 Å². The number of rotatable bonds is 12. The van der Waals surface area contributed by atoms with Crippen molar-refractivity contribution in [3.63, 3.8) is 0 Å². The van der Waals surface area contributed by atoms with Gasteiger partial charge in [-0.3, -0.25) is 0 Å². The molecule has 0 heterocycles. The van der Waals surface area contributed by atoms with Crippen LogP contribution >= 0.6 is 0 Å². The topological polar surface area (TPSA) is 13.0 Å². The van der Waals surface area contributed by atoms with Crippen LogP contribution in [0.15, 0.2) is 315 Å². The maximum Gasteiger partial charge on any atom is 0.0620 e. The molecule has 384 valence electrons. The molecule has 4 nitrogen and oxygen atoms in total. The first-order valence-electron chi connectivity index (χ1n) is 28.2. The van der Waals surface area contributed by atoms with E-state index in [1.54, 1.807) is 0 Å². The summed E-state index contributed by atoms with van der Waals surface area (Å²) in [6, 6.07) is 116. The molecule has 0 aliphatic carbocycles. The number of hydrogen-bond donors (Lipinski definition) is 0. The number of hydrogen-bond acceptors (Lipinski definition) is 4. The van der Waals surface area contributed by atoms with E-state index in [1.165, 1.54) is 43.1 Å². The van der Waals surface area contributed by atoms with Gasteiger partial charge in [0.05, 0.1) is 34.1 Å². The third kappa shape index (κ3) is 7.46. The molecule has 16 aromatic carbocycles. The van der Waals surface area contributed by atoms with Crippen LogP contribution in [0.2, 0.25) is 0 Å². The molecule has 0 unspecified atom stereocenters. The molecule has 16 rings (SSSR count). The van der Waals surface area contributed by atoms with Gasteiger partial charge >= 0.3 is 0 Å². The van der Waals surface area contributed by atoms with Gasteiger partial charge in [0.2, 0.25) is 0 Å². The molecule has 0 saturated heterocycles. The maximum atomic E-state index is 2.52. The Labute approximate surface area is 476 Å². The number of benzene rings is 16. The van der Waals surface area contributed by atoms with Crippen LogP contribution in [0, 0.1) is 0 Å². The molecule has 0 aromatic heterocycles. The van der Waals surface area contributed by atoms with E-state index in [4.69, 9.17) is 0 Å². The molecule has 0 aliphatic heterocycles. The Bertz CT molecular complexity index is 4570. The standard InChI is InChI=1S/C78H52N4/c1-7-31-55(32-8-1)79(56-33-9-2-10-34-56)77-65-47-25-45-63-72(82(60-41-17-6-18-42-60)70-50-24-30-54-28-20-22-44-62(54)70)52-68-76(73(63)65)75-67(77)51-71(81(59-39-15-5-16-40-59)69-49-23-29-53-27-19-21-43-61(53)69)64-46-26-48-66(74(64)75)78(68)80(57-35-11-3-12-36-57)58-37-13-4-14-38-58/h1-52H. The quantitative estimate of drug-likeness (QED) is 0.0893. The molecule has 0 N–H and O–H groups in total. The fourth-order valence-corrected chi connectivity index (χ4v) is 13.2. The van der Waals surface area contributed by atoms with Gasteiger partial charge in [0.25, 0.3) is 0 Å². The third-order valence-electron chi connectivity index (χ3n) is 16.6. The number of para-hydroxylation sites is 6. The van der Waals surface area contributed by atoms with Crippen molar-refractivity contribution in [2.75, 3.05) is 19.6 Å². The zero-order valence-electron chi connectivity index (χ0n) is 44.8. The molecule has 16 aromatic rings. The van der Waals surface area contributed by atoms with Crippen LogP contribution in [0.3, 0.4) is 0 Å². The Morgan fingerprint density at radius 1 is 0.159 bits per heavy atom. The summed E-state index contributed by atoms with van der Waals surface area (Å²) in [5.74, 6) is 0. The fraction of sp³-hybridized carbons (Fsp3) is 0. The Morgan fingerprint density at radius 2 is 0.415 bits per heavy atom. The molecule has 4 heteroatoms. The third-order valence-corrected chi connectivity index (χ3v) is 16.6. The van der Waals surface area contributed by atoms with Crippen molar-refractivity contribution in [1.29, 1.82) is 0 Å². The summed E-state index contributed by atoms with van der Waals surface area (Å²) in [6.45, 7) is 0. The molecular weight excluding hydrogens is 993 g/mol. The second-order valence-corrected chi connectivity index (χ2v) is 21.1. The molecule has 0 amide bonds. The minimum absolute atomic E-state index is 1.07. The van der Waals surface area contributed by atoms with Gasteiger partial charge in [-0.15, -0.1) is 0 Å². The van der Waals surface area contributed by atoms with Crippen LogP contribution in [-0.4, -0.2) is 0 Å². The van der Waals surface area contributed by atoms with Gasteiger partial charge in [0.15, 0.2) is 0 Å². The van der Waals surface area contributed by atoms with Crippen molar-refractivity contribution in [2.45, 2.75) is 0 Å². The molecule has 0 aliphatic rings. The Hall–Kier alpha value is -10.9. The van der Waals surface area contributed by atoms with E-state index in [9.17, 15) is 0 Å². The molecule has 82 heavy (non-hydrogen) atoms. The van der Waals surface area contributed by atoms with Gasteiger partial charge in [0.1, 0.15) is 0 Å². The van der Waals surface area contributed by atoms with E-state index < -0.39 is 0 Å². The highest BCUT2D eigenvalue weighted by Gasteiger charge is 2.33. The van der Waals surface area contributed by atoms with Gasteiger partial charge in [-0.2, -0.15) is 0 Å². The minimum Gasteiger partial charge on any atom is -0.309 e. The van der Waals surface area contributed by atoms with Gasteiger partial charge < -0.3 is 19.6 Å². The zero-order valence-corrected chi connectivity index (χ0v) is 44.8. The van der Waals surface area contributed by atoms with E-state index in [2.05, 4.69) is 335 Å². The van der Waals surface area contributed by atoms with Crippen LogP contribution in [-0.2, 0) is 0 Å². The van der Waals surface area contributed by atoms with Gasteiger partial charge in [-0.05, 0) is 108 Å². The van der Waals surface area contributed by atoms with Crippen molar-refractivity contribution in [3.8, 4) is 0 Å². The summed E-state index contributed by atoms with van der Waals surface area (Å²) in [5, 5.41) is 16.5. The van der Waals surface area contributed by atoms with Crippen LogP contribution in [0.5, 0.6) is 0 Å². The van der Waals surface area contributed by atoms with E-state index in [0.717, 1.165) is 101 Å². The molecule has 0 atom stereocenters. The Balaban J connectivity index is 1.17. The van der Waals surface area contributed by atoms with E-state index in [0.29, 0.717) is 0 Å². The number of anilines is 12. The largest absolute Gasteiger partial charge is 0.309 e. The van der Waals surface area contributed by atoms with Gasteiger partial charge in [-0.25, -0.2) is 0 Å². The first kappa shape index (κ1) is 47.1. The van der Waals surface area contributed by atoms with E-state index in [1.807, 2.05) is 0 Å². The molecule has 0 bridgehead atoms. The second kappa shape index (κ2) is 19.5. The highest BCUT2D eigenvalue weighted by molar-refractivity contribution is 6.45. The summed E-state index contributed by atoms with van der Waals surface area (Å²) >= 11 is 0. The molecule has 0 fully saturated rings. The average Bonchev–Trinajstić information content (AvgIpc) is 1.04. The Kier molecular flexibility index (Phi) is 11.2. The van der Waals surface area contributed by atoms with Crippen molar-refractivity contribution in [1.82, 2.24) is 0 Å². The lowest BCUT2D eigenvalue weighted by molar-refractivity contribution is 1.30. The predicted octanol–water partition coefficient (Wildman–Crippen LogP) is 22.5. The molecule has 0 radical (unpaired) electrons. The smallest absolute Gasteiger partial charge is 0.0620 e. The van der Waals surface area contributed by atoms with Crippen molar-refractivity contribution < 1.29 is 0 Å². The zero-order chi connectivity index (χ0) is 54.1. The summed E-state index contributed by atoms with van der Waals surface area (Å²) in [4.78, 5) is 10.0. The van der Waals surface area contributed by atoms with Crippen LogP contribution in [0.1, 0.15) is 0 Å². The van der Waals surface area contributed by atoms with Gasteiger partial charge in [0, 0.05) is 98.8 Å². The molecule has 0 saturated carbocycles. The van der Waals surface area contributed by atoms with Crippen LogP contribution < -0.4 is 19.6 Å². The first-order valence-corrected chi connectivity index (χ1v) is 28.2. The number of fused-ring (bicyclic) bond motifs is 2.